The van der Waals surface area contributed by atoms with Crippen LogP contribution < -0.4 is 11.2 Å². The Balaban J connectivity index is 2.53. The van der Waals surface area contributed by atoms with Crippen molar-refractivity contribution in [1.29, 1.82) is 0 Å². The number of hydrogen-bond donors (Lipinski definition) is 2. The van der Waals surface area contributed by atoms with E-state index in [4.69, 9.17) is 16.3 Å². The predicted molar refractivity (Wildman–Crippen MR) is 61.3 cm³/mol. The second kappa shape index (κ2) is 3.97. The molecule has 7 heteroatoms. The van der Waals surface area contributed by atoms with Gasteiger partial charge in [-0.05, 0) is 13.8 Å². The first-order chi connectivity index (χ1) is 7.84. The summed E-state index contributed by atoms with van der Waals surface area (Å²) in [4.78, 5) is 24.0. The van der Waals surface area contributed by atoms with Crippen molar-refractivity contribution in [2.75, 3.05) is 6.61 Å². The third-order valence-electron chi connectivity index (χ3n) is 2.94. The van der Waals surface area contributed by atoms with Crippen LogP contribution in [0.3, 0.4) is 0 Å². The van der Waals surface area contributed by atoms with Gasteiger partial charge >= 0.3 is 5.69 Å². The highest BCUT2D eigenvalue weighted by atomic mass is 35.5. The number of halogens is 1. The molecule has 0 spiro atoms. The van der Waals surface area contributed by atoms with Crippen LogP contribution in [0.5, 0.6) is 0 Å². The smallest absolute Gasteiger partial charge is 0.330 e. The van der Waals surface area contributed by atoms with Crippen molar-refractivity contribution in [2.45, 2.75) is 31.1 Å². The highest BCUT2D eigenvalue weighted by Crippen LogP contribution is 2.38. The molecule has 6 nitrogen and oxygen atoms in total. The van der Waals surface area contributed by atoms with E-state index < -0.39 is 28.5 Å². The minimum atomic E-state index is -1.10. The van der Waals surface area contributed by atoms with Gasteiger partial charge in [-0.15, -0.1) is 11.6 Å². The van der Waals surface area contributed by atoms with Gasteiger partial charge < -0.3 is 9.84 Å². The van der Waals surface area contributed by atoms with E-state index in [1.807, 2.05) is 0 Å². The van der Waals surface area contributed by atoms with Crippen LogP contribution in [0.25, 0.3) is 0 Å². The molecule has 1 aliphatic heterocycles. The van der Waals surface area contributed by atoms with Gasteiger partial charge in [-0.1, -0.05) is 0 Å². The zero-order chi connectivity index (χ0) is 12.8. The van der Waals surface area contributed by atoms with Crippen molar-refractivity contribution in [3.05, 3.63) is 32.6 Å². The molecule has 1 aromatic heterocycles. The van der Waals surface area contributed by atoms with E-state index in [1.165, 1.54) is 10.8 Å². The lowest BCUT2D eigenvalue weighted by atomic mass is 10.1. The highest BCUT2D eigenvalue weighted by Gasteiger charge is 2.47. The Morgan fingerprint density at radius 3 is 2.82 bits per heavy atom. The van der Waals surface area contributed by atoms with Crippen molar-refractivity contribution in [3.63, 3.8) is 0 Å². The van der Waals surface area contributed by atoms with Gasteiger partial charge in [-0.25, -0.2) is 4.79 Å². The van der Waals surface area contributed by atoms with Gasteiger partial charge in [0.15, 0.2) is 6.23 Å². The number of aromatic amines is 1. The number of aliphatic hydroxyl groups excluding tert-OH is 1. The molecule has 0 radical (unpaired) electrons. The first-order valence-electron chi connectivity index (χ1n) is 5.14. The maximum absolute atomic E-state index is 11.7. The number of aryl methyl sites for hydroxylation is 1. The van der Waals surface area contributed by atoms with Gasteiger partial charge in [-0.3, -0.25) is 14.3 Å². The number of ether oxygens (including phenoxy) is 1. The number of nitrogens with zero attached hydrogens (tertiary/aromatic N) is 1. The summed E-state index contributed by atoms with van der Waals surface area (Å²) in [5, 5.41) is 9.66. The Hall–Kier alpha value is -1.11. The second-order valence-electron chi connectivity index (χ2n) is 4.33. The van der Waals surface area contributed by atoms with Crippen LogP contribution in [0.4, 0.5) is 0 Å². The molecule has 0 amide bonds. The summed E-state index contributed by atoms with van der Waals surface area (Å²) >= 11 is 6.16. The van der Waals surface area contributed by atoms with Crippen LogP contribution in [0.15, 0.2) is 15.8 Å². The van der Waals surface area contributed by atoms with E-state index in [1.54, 1.807) is 13.8 Å². The molecule has 0 unspecified atom stereocenters. The molecule has 0 aliphatic carbocycles. The van der Waals surface area contributed by atoms with Crippen molar-refractivity contribution in [1.82, 2.24) is 9.55 Å². The van der Waals surface area contributed by atoms with Gasteiger partial charge in [0.2, 0.25) is 0 Å². The van der Waals surface area contributed by atoms with Crippen LogP contribution in [-0.4, -0.2) is 32.2 Å². The number of hydrogen-bond acceptors (Lipinski definition) is 4. The number of aromatic nitrogens is 2. The molecular weight excluding hydrogens is 248 g/mol. The van der Waals surface area contributed by atoms with Crippen LogP contribution in [0.2, 0.25) is 0 Å². The zero-order valence-electron chi connectivity index (χ0n) is 9.44. The summed E-state index contributed by atoms with van der Waals surface area (Å²) in [6.45, 7) is 3.21. The third-order valence-corrected chi connectivity index (χ3v) is 3.38. The maximum atomic E-state index is 11.7. The standard InChI is InChI=1S/C10H13ClN2O4/c1-5-3-13(9(16)12-7(5)15)8-10(2,11)6(14)4-17-8/h3,6,8,14H,4H2,1-2H3,(H,12,15,16)/t6-,8-,10-/m1/s1. The third kappa shape index (κ3) is 1.92. The Kier molecular flexibility index (Phi) is 2.89. The Morgan fingerprint density at radius 2 is 2.29 bits per heavy atom. The van der Waals surface area contributed by atoms with Gasteiger partial charge in [0.25, 0.3) is 5.56 Å². The van der Waals surface area contributed by atoms with E-state index in [-0.39, 0.29) is 6.61 Å². The van der Waals surface area contributed by atoms with Crippen molar-refractivity contribution in [2.24, 2.45) is 0 Å². The van der Waals surface area contributed by atoms with E-state index in [0.29, 0.717) is 5.56 Å². The van der Waals surface area contributed by atoms with Gasteiger partial charge in [-0.2, -0.15) is 0 Å². The topological polar surface area (TPSA) is 84.3 Å². The summed E-state index contributed by atoms with van der Waals surface area (Å²) in [6, 6.07) is 0. The molecule has 94 valence electrons. The normalized spacial score (nSPS) is 32.9. The number of aliphatic hydroxyl groups is 1. The lowest BCUT2D eigenvalue weighted by Crippen LogP contribution is -2.42. The minimum Gasteiger partial charge on any atom is -0.389 e. The molecule has 17 heavy (non-hydrogen) atoms. The van der Waals surface area contributed by atoms with Crippen molar-refractivity contribution in [3.8, 4) is 0 Å². The first-order valence-corrected chi connectivity index (χ1v) is 5.52. The molecule has 1 aliphatic rings. The van der Waals surface area contributed by atoms with E-state index in [2.05, 4.69) is 4.98 Å². The van der Waals surface area contributed by atoms with Gasteiger partial charge in [0, 0.05) is 11.8 Å². The summed E-state index contributed by atoms with van der Waals surface area (Å²) in [5.74, 6) is 0. The fourth-order valence-corrected chi connectivity index (χ4v) is 2.02. The SMILES string of the molecule is Cc1cn([C@@H]2OC[C@@H](O)[C@@]2(C)Cl)c(=O)[nH]c1=O. The number of alkyl halides is 1. The monoisotopic (exact) mass is 260 g/mol. The second-order valence-corrected chi connectivity index (χ2v) is 5.15. The zero-order valence-corrected chi connectivity index (χ0v) is 10.2. The molecule has 1 saturated heterocycles. The molecule has 1 fully saturated rings. The molecule has 3 atom stereocenters. The van der Waals surface area contributed by atoms with E-state index >= 15 is 0 Å². The summed E-state index contributed by atoms with van der Waals surface area (Å²) < 4.78 is 6.50. The van der Waals surface area contributed by atoms with Crippen LogP contribution in [0, 0.1) is 6.92 Å². The Morgan fingerprint density at radius 1 is 1.65 bits per heavy atom. The van der Waals surface area contributed by atoms with Crippen molar-refractivity contribution >= 4 is 11.6 Å². The van der Waals surface area contributed by atoms with Crippen LogP contribution in [0.1, 0.15) is 18.7 Å². The number of rotatable bonds is 1. The molecule has 1 aromatic rings. The average Bonchev–Trinajstić information content (AvgIpc) is 2.49. The predicted octanol–water partition coefficient (Wildman–Crippen LogP) is -0.268. The Bertz CT molecular complexity index is 548. The van der Waals surface area contributed by atoms with E-state index in [0.717, 1.165) is 0 Å². The fourth-order valence-electron chi connectivity index (χ4n) is 1.79. The molecule has 0 saturated carbocycles. The Labute approximate surface area is 102 Å². The molecule has 0 bridgehead atoms. The molecule has 0 aromatic carbocycles. The number of nitrogens with one attached hydrogen (secondary N) is 1. The molecule has 2 rings (SSSR count). The van der Waals surface area contributed by atoms with Crippen molar-refractivity contribution < 1.29 is 9.84 Å². The largest absolute Gasteiger partial charge is 0.389 e. The highest BCUT2D eigenvalue weighted by molar-refractivity contribution is 6.24. The number of H-pyrrole nitrogens is 1. The van der Waals surface area contributed by atoms with Crippen LogP contribution in [-0.2, 0) is 4.74 Å². The van der Waals surface area contributed by atoms with E-state index in [9.17, 15) is 14.7 Å². The summed E-state index contributed by atoms with van der Waals surface area (Å²) in [5.41, 5.74) is -0.672. The summed E-state index contributed by atoms with van der Waals surface area (Å²) in [7, 11) is 0. The molecule has 2 N–H and O–H groups in total. The lowest BCUT2D eigenvalue weighted by Gasteiger charge is -2.26. The molecule has 2 heterocycles. The summed E-state index contributed by atoms with van der Waals surface area (Å²) in [6.07, 6.45) is -0.291. The maximum Gasteiger partial charge on any atom is 0.330 e. The lowest BCUT2D eigenvalue weighted by molar-refractivity contribution is 0.0369. The molecular formula is C10H13ClN2O4. The fraction of sp³-hybridized carbons (Fsp3) is 0.600. The first kappa shape index (κ1) is 12.3. The quantitative estimate of drug-likeness (QED) is 0.681. The van der Waals surface area contributed by atoms with Gasteiger partial charge in [0.1, 0.15) is 11.0 Å². The average molecular weight is 261 g/mol. The van der Waals surface area contributed by atoms with Crippen LogP contribution >= 0.6 is 11.6 Å². The van der Waals surface area contributed by atoms with Gasteiger partial charge in [0.05, 0.1) is 6.61 Å². The minimum absolute atomic E-state index is 0.0509.